The van der Waals surface area contributed by atoms with Crippen LogP contribution in [0.5, 0.6) is 0 Å². The molecular formula is C29H25FN2O3. The molecule has 4 aromatic rings. The highest BCUT2D eigenvalue weighted by Gasteiger charge is 2.29. The second-order valence-corrected chi connectivity index (χ2v) is 9.33. The summed E-state index contributed by atoms with van der Waals surface area (Å²) in [5.41, 5.74) is 8.70. The van der Waals surface area contributed by atoms with E-state index in [1.165, 1.54) is 23.4 Å². The van der Waals surface area contributed by atoms with Crippen molar-refractivity contribution in [1.29, 1.82) is 0 Å². The number of aromatic carboxylic acids is 1. The van der Waals surface area contributed by atoms with Gasteiger partial charge < -0.3 is 14.4 Å². The number of hydrogen-bond donors (Lipinski definition) is 1. The third-order valence-corrected chi connectivity index (χ3v) is 7.19. The van der Waals surface area contributed by atoms with Crippen LogP contribution in [0.3, 0.4) is 0 Å². The lowest BCUT2D eigenvalue weighted by molar-refractivity contribution is 0.0696. The number of aromatic nitrogens is 1. The predicted octanol–water partition coefficient (Wildman–Crippen LogP) is 6.27. The van der Waals surface area contributed by atoms with E-state index in [2.05, 4.69) is 21.7 Å². The SMILES string of the molecule is Cc1cc(C(=O)O)ccc1-c1c(C2CCOCC2)n(-c2ccc(F)cc2)c2cc3c(cc12)CN=C3. The van der Waals surface area contributed by atoms with Gasteiger partial charge in [-0.1, -0.05) is 6.07 Å². The van der Waals surface area contributed by atoms with E-state index in [0.29, 0.717) is 19.8 Å². The van der Waals surface area contributed by atoms with Gasteiger partial charge in [0, 0.05) is 47.7 Å². The van der Waals surface area contributed by atoms with Gasteiger partial charge in [0.25, 0.3) is 0 Å². The van der Waals surface area contributed by atoms with Gasteiger partial charge in [0.05, 0.1) is 17.6 Å². The summed E-state index contributed by atoms with van der Waals surface area (Å²) in [5, 5.41) is 10.6. The fourth-order valence-electron chi connectivity index (χ4n) is 5.50. The van der Waals surface area contributed by atoms with E-state index in [1.807, 2.05) is 31.3 Å². The maximum absolute atomic E-state index is 13.9. The van der Waals surface area contributed by atoms with Gasteiger partial charge in [-0.05, 0) is 90.6 Å². The lowest BCUT2D eigenvalue weighted by Crippen LogP contribution is -2.17. The highest BCUT2D eigenvalue weighted by molar-refractivity contribution is 6.04. The number of ether oxygens (including phenoxy) is 1. The monoisotopic (exact) mass is 468 g/mol. The zero-order valence-electron chi connectivity index (χ0n) is 19.4. The number of carboxylic acids is 1. The summed E-state index contributed by atoms with van der Waals surface area (Å²) in [6, 6.07) is 16.4. The molecule has 1 saturated heterocycles. The van der Waals surface area contributed by atoms with Crippen LogP contribution in [0.4, 0.5) is 4.39 Å². The molecular weight excluding hydrogens is 443 g/mol. The van der Waals surface area contributed by atoms with E-state index in [-0.39, 0.29) is 17.3 Å². The quantitative estimate of drug-likeness (QED) is 0.384. The van der Waals surface area contributed by atoms with Gasteiger partial charge in [-0.3, -0.25) is 4.99 Å². The molecule has 1 fully saturated rings. The Kier molecular flexibility index (Phi) is 5.26. The van der Waals surface area contributed by atoms with Gasteiger partial charge in [-0.25, -0.2) is 9.18 Å². The van der Waals surface area contributed by atoms with Crippen molar-refractivity contribution in [3.63, 3.8) is 0 Å². The molecule has 0 saturated carbocycles. The van der Waals surface area contributed by atoms with Crippen molar-refractivity contribution in [2.75, 3.05) is 13.2 Å². The van der Waals surface area contributed by atoms with Gasteiger partial charge >= 0.3 is 5.97 Å². The van der Waals surface area contributed by atoms with Crippen LogP contribution in [-0.4, -0.2) is 35.1 Å². The first-order valence-electron chi connectivity index (χ1n) is 11.9. The molecule has 0 aliphatic carbocycles. The smallest absolute Gasteiger partial charge is 0.335 e. The second-order valence-electron chi connectivity index (χ2n) is 9.33. The molecule has 0 amide bonds. The van der Waals surface area contributed by atoms with Crippen LogP contribution in [-0.2, 0) is 11.3 Å². The first-order valence-corrected chi connectivity index (χ1v) is 11.9. The summed E-state index contributed by atoms with van der Waals surface area (Å²) < 4.78 is 21.8. The molecule has 1 aromatic heterocycles. The summed E-state index contributed by atoms with van der Waals surface area (Å²) in [6.07, 6.45) is 3.69. The van der Waals surface area contributed by atoms with E-state index in [1.54, 1.807) is 12.1 Å². The van der Waals surface area contributed by atoms with E-state index in [9.17, 15) is 14.3 Å². The van der Waals surface area contributed by atoms with Gasteiger partial charge in [0.1, 0.15) is 5.82 Å². The minimum absolute atomic E-state index is 0.248. The molecule has 1 N–H and O–H groups in total. The molecule has 6 heteroatoms. The topological polar surface area (TPSA) is 63.8 Å². The predicted molar refractivity (Wildman–Crippen MR) is 134 cm³/mol. The van der Waals surface area contributed by atoms with E-state index in [4.69, 9.17) is 4.74 Å². The number of halogens is 1. The first-order chi connectivity index (χ1) is 17.0. The fraction of sp³-hybridized carbons (Fsp3) is 0.241. The van der Waals surface area contributed by atoms with Crippen LogP contribution in [0, 0.1) is 12.7 Å². The number of carboxylic acid groups (broad SMARTS) is 1. The summed E-state index contributed by atoms with van der Waals surface area (Å²) in [7, 11) is 0. The van der Waals surface area contributed by atoms with Crippen LogP contribution in [0.2, 0.25) is 0 Å². The Morgan fingerprint density at radius 2 is 1.86 bits per heavy atom. The van der Waals surface area contributed by atoms with Crippen molar-refractivity contribution in [2.45, 2.75) is 32.2 Å². The largest absolute Gasteiger partial charge is 0.478 e. The average molecular weight is 469 g/mol. The van der Waals surface area contributed by atoms with Crippen molar-refractivity contribution in [3.8, 4) is 16.8 Å². The summed E-state index contributed by atoms with van der Waals surface area (Å²) in [6.45, 7) is 3.99. The van der Waals surface area contributed by atoms with Crippen LogP contribution in [0.15, 0.2) is 59.6 Å². The van der Waals surface area contributed by atoms with E-state index < -0.39 is 5.97 Å². The maximum Gasteiger partial charge on any atom is 0.335 e. The molecule has 176 valence electrons. The van der Waals surface area contributed by atoms with Gasteiger partial charge in [0.2, 0.25) is 0 Å². The second kappa shape index (κ2) is 8.47. The third-order valence-electron chi connectivity index (χ3n) is 7.19. The maximum atomic E-state index is 13.9. The first kappa shape index (κ1) is 21.7. The molecule has 0 radical (unpaired) electrons. The number of nitrogens with zero attached hydrogens (tertiary/aromatic N) is 2. The minimum atomic E-state index is -0.937. The zero-order chi connectivity index (χ0) is 24.1. The number of aliphatic imine (C=N–C) groups is 1. The Labute approximate surface area is 202 Å². The van der Waals surface area contributed by atoms with Crippen molar-refractivity contribution in [1.82, 2.24) is 4.57 Å². The lowest BCUT2D eigenvalue weighted by atomic mass is 9.88. The minimum Gasteiger partial charge on any atom is -0.478 e. The average Bonchev–Trinajstić information content (AvgIpc) is 3.45. The molecule has 0 unspecified atom stereocenters. The molecule has 6 rings (SSSR count). The van der Waals surface area contributed by atoms with Crippen molar-refractivity contribution in [3.05, 3.63) is 88.4 Å². The standard InChI is InChI=1S/C29H25FN2O3/c1-17-12-19(29(33)34)2-7-24(17)27-25-13-20-15-31-16-21(20)14-26(25)32(23-5-3-22(30)4-6-23)28(27)18-8-10-35-11-9-18/h2-7,12-14,16,18H,8-11,15H2,1H3,(H,33,34). The normalized spacial score (nSPS) is 15.6. The molecule has 35 heavy (non-hydrogen) atoms. The number of benzene rings is 3. The van der Waals surface area contributed by atoms with Crippen molar-refractivity contribution >= 4 is 23.1 Å². The van der Waals surface area contributed by atoms with E-state index >= 15 is 0 Å². The van der Waals surface area contributed by atoms with Crippen LogP contribution >= 0.6 is 0 Å². The summed E-state index contributed by atoms with van der Waals surface area (Å²) in [4.78, 5) is 16.1. The Morgan fingerprint density at radius 3 is 2.57 bits per heavy atom. The molecule has 0 bridgehead atoms. The Bertz CT molecular complexity index is 1500. The Hall–Kier alpha value is -3.77. The number of aryl methyl sites for hydroxylation is 1. The zero-order valence-corrected chi connectivity index (χ0v) is 19.4. The molecule has 2 aliphatic rings. The highest BCUT2D eigenvalue weighted by atomic mass is 19.1. The Morgan fingerprint density at radius 1 is 1.09 bits per heavy atom. The highest BCUT2D eigenvalue weighted by Crippen LogP contribution is 2.45. The lowest BCUT2D eigenvalue weighted by Gasteiger charge is -2.26. The summed E-state index contributed by atoms with van der Waals surface area (Å²) in [5.74, 6) is -0.961. The van der Waals surface area contributed by atoms with Gasteiger partial charge in [-0.2, -0.15) is 0 Å². The Balaban J connectivity index is 1.72. The molecule has 2 aliphatic heterocycles. The number of hydrogen-bond acceptors (Lipinski definition) is 3. The molecule has 5 nitrogen and oxygen atoms in total. The molecule has 0 atom stereocenters. The molecule has 3 aromatic carbocycles. The van der Waals surface area contributed by atoms with Crippen LogP contribution < -0.4 is 0 Å². The van der Waals surface area contributed by atoms with Crippen LogP contribution in [0.1, 0.15) is 51.5 Å². The van der Waals surface area contributed by atoms with Gasteiger partial charge in [0.15, 0.2) is 0 Å². The third kappa shape index (κ3) is 3.65. The van der Waals surface area contributed by atoms with Crippen LogP contribution in [0.25, 0.3) is 27.7 Å². The summed E-state index contributed by atoms with van der Waals surface area (Å²) >= 11 is 0. The van der Waals surface area contributed by atoms with Crippen molar-refractivity contribution in [2.24, 2.45) is 4.99 Å². The van der Waals surface area contributed by atoms with E-state index in [0.717, 1.165) is 51.7 Å². The fourth-order valence-corrected chi connectivity index (χ4v) is 5.50. The molecule has 0 spiro atoms. The van der Waals surface area contributed by atoms with Crippen molar-refractivity contribution < 1.29 is 19.0 Å². The number of rotatable bonds is 4. The number of carbonyl (C=O) groups is 1. The number of fused-ring (bicyclic) bond motifs is 2. The van der Waals surface area contributed by atoms with Gasteiger partial charge in [-0.15, -0.1) is 0 Å². The molecule has 3 heterocycles.